The van der Waals surface area contributed by atoms with Crippen LogP contribution in [0.3, 0.4) is 0 Å². The van der Waals surface area contributed by atoms with Crippen molar-refractivity contribution >= 4 is 23.3 Å². The monoisotopic (exact) mass is 460 g/mol. The number of anilines is 1. The quantitative estimate of drug-likeness (QED) is 0.315. The number of amides is 1. The Morgan fingerprint density at radius 1 is 1.09 bits per heavy atom. The van der Waals surface area contributed by atoms with Gasteiger partial charge >= 0.3 is 5.91 Å². The molecule has 34 heavy (non-hydrogen) atoms. The molecule has 7 nitrogen and oxygen atoms in total. The first-order chi connectivity index (χ1) is 16.1. The minimum Gasteiger partial charge on any atom is -0.507 e. The topological polar surface area (TPSA) is 92.9 Å². The molecular weight excluding hydrogens is 432 g/mol. The van der Waals surface area contributed by atoms with Gasteiger partial charge in [0.1, 0.15) is 17.3 Å². The largest absolute Gasteiger partial charge is 0.507 e. The molecule has 4 rings (SSSR count). The summed E-state index contributed by atoms with van der Waals surface area (Å²) in [5, 5.41) is 15.2. The number of ether oxygens (including phenoxy) is 1. The van der Waals surface area contributed by atoms with E-state index in [1.54, 1.807) is 37.3 Å². The Kier molecular flexibility index (Phi) is 6.04. The van der Waals surface area contributed by atoms with Crippen molar-refractivity contribution < 1.29 is 24.0 Å². The van der Waals surface area contributed by atoms with Gasteiger partial charge in [0.25, 0.3) is 5.78 Å². The van der Waals surface area contributed by atoms with E-state index in [-0.39, 0.29) is 22.6 Å². The highest BCUT2D eigenvalue weighted by molar-refractivity contribution is 6.51. The lowest BCUT2D eigenvalue weighted by molar-refractivity contribution is -0.132. The molecule has 1 N–H and O–H groups in total. The highest BCUT2D eigenvalue weighted by atomic mass is 16.5. The SMILES string of the molecule is CCOc1ccc(C(O)=C2C(=O)C(=O)N(c3cc(C)on3)C2c2ccc(C(C)(C)C)cc2)cc1. The molecule has 1 aromatic heterocycles. The summed E-state index contributed by atoms with van der Waals surface area (Å²) < 4.78 is 10.6. The molecule has 1 aliphatic heterocycles. The van der Waals surface area contributed by atoms with E-state index < -0.39 is 17.7 Å². The summed E-state index contributed by atoms with van der Waals surface area (Å²) in [6.07, 6.45) is 0. The lowest BCUT2D eigenvalue weighted by Crippen LogP contribution is -2.29. The van der Waals surface area contributed by atoms with Gasteiger partial charge in [-0.25, -0.2) is 0 Å². The molecule has 0 spiro atoms. The number of carbonyl (C=O) groups excluding carboxylic acids is 2. The number of aliphatic hydroxyl groups excluding tert-OH is 1. The molecule has 176 valence electrons. The zero-order valence-electron chi connectivity index (χ0n) is 20.0. The fourth-order valence-electron chi connectivity index (χ4n) is 4.05. The van der Waals surface area contributed by atoms with Crippen LogP contribution in [-0.4, -0.2) is 28.6 Å². The summed E-state index contributed by atoms with van der Waals surface area (Å²) in [5.41, 5.74) is 2.14. The molecule has 1 fully saturated rings. The predicted octanol–water partition coefficient (Wildman–Crippen LogP) is 5.31. The second-order valence-electron chi connectivity index (χ2n) is 9.29. The molecule has 2 heterocycles. The summed E-state index contributed by atoms with van der Waals surface area (Å²) >= 11 is 0. The third-order valence-electron chi connectivity index (χ3n) is 5.84. The van der Waals surface area contributed by atoms with Crippen molar-refractivity contribution in [2.45, 2.75) is 46.1 Å². The van der Waals surface area contributed by atoms with Gasteiger partial charge in [-0.15, -0.1) is 0 Å². The molecule has 0 saturated carbocycles. The first kappa shape index (κ1) is 23.3. The molecule has 1 atom stereocenters. The number of Topliss-reactive ketones (excluding diaryl/α,β-unsaturated/α-hetero) is 1. The van der Waals surface area contributed by atoms with Gasteiger partial charge in [0, 0.05) is 11.6 Å². The van der Waals surface area contributed by atoms with Crippen LogP contribution in [0.1, 0.15) is 56.2 Å². The molecule has 1 amide bonds. The van der Waals surface area contributed by atoms with Crippen molar-refractivity contribution in [2.75, 3.05) is 11.5 Å². The zero-order valence-corrected chi connectivity index (χ0v) is 20.0. The molecular formula is C27H28N2O5. The number of ketones is 1. The summed E-state index contributed by atoms with van der Waals surface area (Å²) in [4.78, 5) is 27.6. The van der Waals surface area contributed by atoms with Crippen LogP contribution in [-0.2, 0) is 15.0 Å². The Labute approximate surface area is 198 Å². The molecule has 0 aliphatic carbocycles. The van der Waals surface area contributed by atoms with Crippen LogP contribution in [0.2, 0.25) is 0 Å². The third kappa shape index (κ3) is 4.21. The summed E-state index contributed by atoms with van der Waals surface area (Å²) in [6.45, 7) is 10.4. The fraction of sp³-hybridized carbons (Fsp3) is 0.296. The van der Waals surface area contributed by atoms with Crippen molar-refractivity contribution in [1.29, 1.82) is 0 Å². The van der Waals surface area contributed by atoms with Crippen molar-refractivity contribution in [1.82, 2.24) is 5.16 Å². The number of hydrogen-bond acceptors (Lipinski definition) is 6. The van der Waals surface area contributed by atoms with E-state index in [9.17, 15) is 14.7 Å². The van der Waals surface area contributed by atoms with Gasteiger partial charge in [-0.1, -0.05) is 50.2 Å². The van der Waals surface area contributed by atoms with Crippen molar-refractivity contribution in [3.05, 3.63) is 82.6 Å². The second kappa shape index (κ2) is 8.82. The number of aryl methyl sites for hydroxylation is 1. The van der Waals surface area contributed by atoms with Crippen molar-refractivity contribution in [2.24, 2.45) is 0 Å². The van der Waals surface area contributed by atoms with Crippen molar-refractivity contribution in [3.8, 4) is 5.75 Å². The number of carbonyl (C=O) groups is 2. The highest BCUT2D eigenvalue weighted by Gasteiger charge is 2.48. The Morgan fingerprint density at radius 3 is 2.26 bits per heavy atom. The molecule has 3 aromatic rings. The smallest absolute Gasteiger partial charge is 0.301 e. The number of aromatic nitrogens is 1. The third-order valence-corrected chi connectivity index (χ3v) is 5.84. The van der Waals surface area contributed by atoms with Gasteiger partial charge in [0.15, 0.2) is 5.82 Å². The van der Waals surface area contributed by atoms with Crippen LogP contribution in [0.25, 0.3) is 5.76 Å². The summed E-state index contributed by atoms with van der Waals surface area (Å²) in [6, 6.07) is 15.2. The average Bonchev–Trinajstić information content (AvgIpc) is 3.34. The zero-order chi connectivity index (χ0) is 24.6. The van der Waals surface area contributed by atoms with Crippen LogP contribution in [0, 0.1) is 6.92 Å². The van der Waals surface area contributed by atoms with E-state index in [2.05, 4.69) is 25.9 Å². The Morgan fingerprint density at radius 2 is 1.74 bits per heavy atom. The lowest BCUT2D eigenvalue weighted by atomic mass is 9.85. The molecule has 1 unspecified atom stereocenters. The van der Waals surface area contributed by atoms with Crippen LogP contribution in [0.15, 0.2) is 64.7 Å². The van der Waals surface area contributed by atoms with Gasteiger partial charge in [-0.3, -0.25) is 14.5 Å². The lowest BCUT2D eigenvalue weighted by Gasteiger charge is -2.24. The molecule has 2 aromatic carbocycles. The molecule has 1 aliphatic rings. The fourth-order valence-corrected chi connectivity index (χ4v) is 4.05. The maximum atomic E-state index is 13.2. The maximum Gasteiger partial charge on any atom is 0.301 e. The van der Waals surface area contributed by atoms with E-state index in [0.29, 0.717) is 29.2 Å². The summed E-state index contributed by atoms with van der Waals surface area (Å²) in [7, 11) is 0. The minimum absolute atomic E-state index is 0.00155. The van der Waals surface area contributed by atoms with Gasteiger partial charge in [-0.2, -0.15) is 0 Å². The number of rotatable bonds is 5. The van der Waals surface area contributed by atoms with Crippen molar-refractivity contribution in [3.63, 3.8) is 0 Å². The molecule has 0 bridgehead atoms. The first-order valence-corrected chi connectivity index (χ1v) is 11.2. The van der Waals surface area contributed by atoms with Gasteiger partial charge in [0.05, 0.1) is 18.2 Å². The number of benzene rings is 2. The summed E-state index contributed by atoms with van der Waals surface area (Å²) in [5.74, 6) is -0.441. The van der Waals surface area contributed by atoms with Crippen LogP contribution >= 0.6 is 0 Å². The van der Waals surface area contributed by atoms with E-state index in [4.69, 9.17) is 9.26 Å². The van der Waals surface area contributed by atoms with E-state index >= 15 is 0 Å². The normalized spacial score (nSPS) is 17.9. The number of hydrogen-bond donors (Lipinski definition) is 1. The maximum absolute atomic E-state index is 13.2. The predicted molar refractivity (Wildman–Crippen MR) is 129 cm³/mol. The van der Waals surface area contributed by atoms with Gasteiger partial charge in [-0.05, 0) is 54.7 Å². The first-order valence-electron chi connectivity index (χ1n) is 11.2. The van der Waals surface area contributed by atoms with Crippen LogP contribution in [0.4, 0.5) is 5.82 Å². The van der Waals surface area contributed by atoms with E-state index in [1.165, 1.54) is 4.90 Å². The van der Waals surface area contributed by atoms with Crippen LogP contribution < -0.4 is 9.64 Å². The Bertz CT molecular complexity index is 1250. The second-order valence-corrected chi connectivity index (χ2v) is 9.29. The Balaban J connectivity index is 1.87. The Hall–Kier alpha value is -3.87. The number of nitrogens with zero attached hydrogens (tertiary/aromatic N) is 2. The van der Waals surface area contributed by atoms with Gasteiger partial charge < -0.3 is 14.4 Å². The average molecular weight is 461 g/mol. The van der Waals surface area contributed by atoms with E-state index in [0.717, 1.165) is 5.56 Å². The standard InChI is InChI=1S/C27H28N2O5/c1-6-33-20-13-9-18(10-14-20)24(30)22-23(17-7-11-19(12-8-17)27(3,4)5)29(26(32)25(22)31)21-15-16(2)34-28-21/h7-15,23,30H,6H2,1-5H3. The molecule has 7 heteroatoms. The van der Waals surface area contributed by atoms with E-state index in [1.807, 2.05) is 31.2 Å². The number of aliphatic hydroxyl groups is 1. The van der Waals surface area contributed by atoms with Crippen LogP contribution in [0.5, 0.6) is 5.75 Å². The highest BCUT2D eigenvalue weighted by Crippen LogP contribution is 2.42. The molecule has 0 radical (unpaired) electrons. The minimum atomic E-state index is -0.856. The molecule has 1 saturated heterocycles. The van der Waals surface area contributed by atoms with Gasteiger partial charge in [0.2, 0.25) is 0 Å².